The van der Waals surface area contributed by atoms with Gasteiger partial charge in [0.15, 0.2) is 5.69 Å². The number of aromatic nitrogens is 3. The molecule has 0 atom stereocenters. The maximum Gasteiger partial charge on any atom is 0.356 e. The minimum absolute atomic E-state index is 0.186. The lowest BCUT2D eigenvalue weighted by molar-refractivity contribution is -0.115. The topological polar surface area (TPSA) is 98.1 Å². The van der Waals surface area contributed by atoms with E-state index in [1.54, 1.807) is 18.6 Å². The Balaban J connectivity index is 1.74. The molecule has 0 aliphatic heterocycles. The number of carbonyl (C=O) groups is 2. The highest BCUT2D eigenvalue weighted by molar-refractivity contribution is 6.11. The largest absolute Gasteiger partial charge is 0.464 e. The van der Waals surface area contributed by atoms with Gasteiger partial charge in [-0.2, -0.15) is 0 Å². The highest BCUT2D eigenvalue weighted by Gasteiger charge is 2.26. The van der Waals surface area contributed by atoms with Crippen molar-refractivity contribution >= 4 is 34.3 Å². The van der Waals surface area contributed by atoms with Crippen LogP contribution in [0.15, 0.2) is 67.1 Å². The van der Waals surface area contributed by atoms with Crippen molar-refractivity contribution in [1.82, 2.24) is 14.5 Å². The number of fused-ring (bicyclic) bond motifs is 1. The number of rotatable bonds is 9. The van der Waals surface area contributed by atoms with Gasteiger partial charge < -0.3 is 19.9 Å². The van der Waals surface area contributed by atoms with Gasteiger partial charge in [0, 0.05) is 30.9 Å². The number of anilines is 2. The smallest absolute Gasteiger partial charge is 0.356 e. The van der Waals surface area contributed by atoms with Crippen LogP contribution in [-0.4, -0.2) is 33.5 Å². The summed E-state index contributed by atoms with van der Waals surface area (Å²) >= 11 is 0. The molecule has 4 rings (SSSR count). The highest BCUT2D eigenvalue weighted by atomic mass is 16.5. The first-order valence-electron chi connectivity index (χ1n) is 11.5. The zero-order valence-corrected chi connectivity index (χ0v) is 20.1. The Bertz CT molecular complexity index is 1320. The summed E-state index contributed by atoms with van der Waals surface area (Å²) in [6.45, 7) is 5.25. The van der Waals surface area contributed by atoms with E-state index in [0.29, 0.717) is 29.8 Å². The Kier molecular flexibility index (Phi) is 7.40. The lowest BCUT2D eigenvalue weighted by Crippen LogP contribution is -2.19. The van der Waals surface area contributed by atoms with Crippen molar-refractivity contribution in [2.45, 2.75) is 33.4 Å². The van der Waals surface area contributed by atoms with Gasteiger partial charge in [0.2, 0.25) is 5.91 Å². The standard InChI is InChI=1S/C27H29N5O3/c1-18(2)17-32-25(27(34)35-3)24(31-23(33)13-19-7-5-4-6-8-19)22-14-21(16-30-26(22)32)29-15-20-9-11-28-12-10-20/h4-12,14,16,18,29H,13,15,17H2,1-3H3,(H,31,33). The third kappa shape index (κ3) is 5.66. The van der Waals surface area contributed by atoms with E-state index < -0.39 is 5.97 Å². The molecule has 8 heteroatoms. The van der Waals surface area contributed by atoms with Crippen LogP contribution in [-0.2, 0) is 29.0 Å². The van der Waals surface area contributed by atoms with Crippen molar-refractivity contribution < 1.29 is 14.3 Å². The van der Waals surface area contributed by atoms with Gasteiger partial charge in [-0.25, -0.2) is 9.78 Å². The number of methoxy groups -OCH3 is 1. The van der Waals surface area contributed by atoms with Gasteiger partial charge in [0.1, 0.15) is 5.65 Å². The zero-order valence-electron chi connectivity index (χ0n) is 20.1. The predicted molar refractivity (Wildman–Crippen MR) is 136 cm³/mol. The van der Waals surface area contributed by atoms with Crippen LogP contribution in [0.4, 0.5) is 11.4 Å². The maximum atomic E-state index is 13.0. The van der Waals surface area contributed by atoms with Crippen LogP contribution < -0.4 is 10.6 Å². The Morgan fingerprint density at radius 2 is 1.80 bits per heavy atom. The summed E-state index contributed by atoms with van der Waals surface area (Å²) in [5.41, 5.74) is 4.04. The molecule has 0 unspecified atom stereocenters. The molecule has 8 nitrogen and oxygen atoms in total. The monoisotopic (exact) mass is 471 g/mol. The van der Waals surface area contributed by atoms with E-state index in [9.17, 15) is 9.59 Å². The molecule has 1 aromatic carbocycles. The Hall–Kier alpha value is -4.20. The summed E-state index contributed by atoms with van der Waals surface area (Å²) in [7, 11) is 1.34. The number of hydrogen-bond donors (Lipinski definition) is 2. The average Bonchev–Trinajstić information content (AvgIpc) is 3.15. The molecular weight excluding hydrogens is 442 g/mol. The number of carbonyl (C=O) groups excluding carboxylic acids is 2. The maximum absolute atomic E-state index is 13.0. The molecule has 0 fully saturated rings. The first-order valence-corrected chi connectivity index (χ1v) is 11.5. The molecule has 0 bridgehead atoms. The first-order chi connectivity index (χ1) is 17.0. The molecular formula is C27H29N5O3. The first kappa shape index (κ1) is 23.9. The molecule has 0 radical (unpaired) electrons. The van der Waals surface area contributed by atoms with E-state index in [2.05, 4.69) is 34.4 Å². The molecule has 180 valence electrons. The highest BCUT2D eigenvalue weighted by Crippen LogP contribution is 2.33. The fraction of sp³-hybridized carbons (Fsp3) is 0.259. The summed E-state index contributed by atoms with van der Waals surface area (Å²) in [5.74, 6) is -0.502. The van der Waals surface area contributed by atoms with Gasteiger partial charge in [-0.3, -0.25) is 9.78 Å². The quantitative estimate of drug-likeness (QED) is 0.344. The molecule has 1 amide bonds. The van der Waals surface area contributed by atoms with Crippen molar-refractivity contribution in [3.05, 3.63) is 83.9 Å². The van der Waals surface area contributed by atoms with Crippen LogP contribution in [0.2, 0.25) is 0 Å². The Morgan fingerprint density at radius 3 is 2.49 bits per heavy atom. The van der Waals surface area contributed by atoms with Gasteiger partial charge in [0.25, 0.3) is 0 Å². The summed E-state index contributed by atoms with van der Waals surface area (Å²) in [5, 5.41) is 7.01. The number of amides is 1. The molecule has 3 heterocycles. The Labute approximate surface area is 204 Å². The van der Waals surface area contributed by atoms with Crippen LogP contribution in [0, 0.1) is 5.92 Å². The number of hydrogen-bond acceptors (Lipinski definition) is 6. The number of ether oxygens (including phenoxy) is 1. The number of esters is 1. The number of pyridine rings is 2. The van der Waals surface area contributed by atoms with Crippen molar-refractivity contribution in [3.8, 4) is 0 Å². The predicted octanol–water partition coefficient (Wildman–Crippen LogP) is 4.67. The van der Waals surface area contributed by atoms with Crippen molar-refractivity contribution in [3.63, 3.8) is 0 Å². The lowest BCUT2D eigenvalue weighted by atomic mass is 10.1. The second kappa shape index (κ2) is 10.8. The van der Waals surface area contributed by atoms with Gasteiger partial charge in [-0.15, -0.1) is 0 Å². The molecule has 3 aromatic heterocycles. The number of benzene rings is 1. The average molecular weight is 472 g/mol. The molecule has 0 spiro atoms. The van der Waals surface area contributed by atoms with Crippen LogP contribution in [0.5, 0.6) is 0 Å². The second-order valence-corrected chi connectivity index (χ2v) is 8.73. The third-order valence-corrected chi connectivity index (χ3v) is 5.54. The number of nitrogens with one attached hydrogen (secondary N) is 2. The van der Waals surface area contributed by atoms with E-state index in [1.165, 1.54) is 7.11 Å². The van der Waals surface area contributed by atoms with Gasteiger partial charge in [0.05, 0.1) is 31.1 Å². The van der Waals surface area contributed by atoms with Crippen molar-refractivity contribution in [2.75, 3.05) is 17.7 Å². The van der Waals surface area contributed by atoms with Gasteiger partial charge in [-0.05, 0) is 35.2 Å². The van der Waals surface area contributed by atoms with E-state index >= 15 is 0 Å². The van der Waals surface area contributed by atoms with Crippen LogP contribution >= 0.6 is 0 Å². The SMILES string of the molecule is COC(=O)c1c(NC(=O)Cc2ccccc2)c2cc(NCc3ccncc3)cnc2n1CC(C)C. The molecule has 2 N–H and O–H groups in total. The van der Waals surface area contributed by atoms with Crippen LogP contribution in [0.25, 0.3) is 11.0 Å². The van der Waals surface area contributed by atoms with Crippen LogP contribution in [0.1, 0.15) is 35.5 Å². The molecule has 0 saturated heterocycles. The molecule has 35 heavy (non-hydrogen) atoms. The second-order valence-electron chi connectivity index (χ2n) is 8.73. The molecule has 0 aliphatic rings. The van der Waals surface area contributed by atoms with Crippen molar-refractivity contribution in [1.29, 1.82) is 0 Å². The molecule has 4 aromatic rings. The third-order valence-electron chi connectivity index (χ3n) is 5.54. The van der Waals surface area contributed by atoms with E-state index in [0.717, 1.165) is 16.8 Å². The van der Waals surface area contributed by atoms with E-state index in [-0.39, 0.29) is 23.9 Å². The molecule has 0 aliphatic carbocycles. The summed E-state index contributed by atoms with van der Waals surface area (Å²) in [6.07, 6.45) is 5.41. The van der Waals surface area contributed by atoms with Crippen LogP contribution in [0.3, 0.4) is 0 Å². The zero-order chi connectivity index (χ0) is 24.8. The fourth-order valence-corrected chi connectivity index (χ4v) is 3.97. The summed E-state index contributed by atoms with van der Waals surface area (Å²) in [6, 6.07) is 15.2. The number of nitrogens with zero attached hydrogens (tertiary/aromatic N) is 3. The van der Waals surface area contributed by atoms with E-state index in [1.807, 2.05) is 53.1 Å². The van der Waals surface area contributed by atoms with Gasteiger partial charge in [-0.1, -0.05) is 44.2 Å². The summed E-state index contributed by atoms with van der Waals surface area (Å²) < 4.78 is 6.93. The van der Waals surface area contributed by atoms with E-state index in [4.69, 9.17) is 4.74 Å². The normalized spacial score (nSPS) is 11.0. The van der Waals surface area contributed by atoms with Gasteiger partial charge >= 0.3 is 5.97 Å². The minimum Gasteiger partial charge on any atom is -0.464 e. The minimum atomic E-state index is -0.523. The lowest BCUT2D eigenvalue weighted by Gasteiger charge is -2.12. The fourth-order valence-electron chi connectivity index (χ4n) is 3.97. The molecule has 0 saturated carbocycles. The summed E-state index contributed by atoms with van der Waals surface area (Å²) in [4.78, 5) is 34.6. The van der Waals surface area contributed by atoms with Crippen molar-refractivity contribution in [2.24, 2.45) is 5.92 Å². The Morgan fingerprint density at radius 1 is 1.06 bits per heavy atom.